The Morgan fingerprint density at radius 1 is 1.09 bits per heavy atom. The topological polar surface area (TPSA) is 46.6 Å². The standard InChI is InChI=1S/C17H18ClNO3S/c18-16-8-4-5-9-17(16)23(20,21)19-10-11-22-15(13-19)12-14-6-2-1-3-7-14/h1-9,15H,10-13H2/t15-/m0/s1. The summed E-state index contributed by atoms with van der Waals surface area (Å²) < 4.78 is 32.8. The number of rotatable bonds is 4. The molecule has 1 atom stereocenters. The van der Waals surface area contributed by atoms with Crippen LogP contribution in [-0.2, 0) is 21.2 Å². The molecule has 0 radical (unpaired) electrons. The first-order valence-electron chi connectivity index (χ1n) is 7.47. The Hall–Kier alpha value is -1.40. The van der Waals surface area contributed by atoms with Crippen molar-refractivity contribution >= 4 is 21.6 Å². The number of morpholine rings is 1. The minimum absolute atomic E-state index is 0.150. The normalized spacial score (nSPS) is 19.6. The molecule has 2 aromatic carbocycles. The van der Waals surface area contributed by atoms with Gasteiger partial charge in [-0.25, -0.2) is 8.42 Å². The minimum Gasteiger partial charge on any atom is -0.375 e. The molecule has 1 saturated heterocycles. The van der Waals surface area contributed by atoms with Crippen molar-refractivity contribution in [3.8, 4) is 0 Å². The van der Waals surface area contributed by atoms with Crippen molar-refractivity contribution in [2.24, 2.45) is 0 Å². The highest BCUT2D eigenvalue weighted by atomic mass is 35.5. The van der Waals surface area contributed by atoms with Crippen LogP contribution < -0.4 is 0 Å². The predicted octanol–water partition coefficient (Wildman–Crippen LogP) is 2.97. The molecule has 0 unspecified atom stereocenters. The maximum Gasteiger partial charge on any atom is 0.244 e. The van der Waals surface area contributed by atoms with Gasteiger partial charge in [-0.1, -0.05) is 54.1 Å². The van der Waals surface area contributed by atoms with Crippen LogP contribution in [0.15, 0.2) is 59.5 Å². The average Bonchev–Trinajstić information content (AvgIpc) is 2.56. The van der Waals surface area contributed by atoms with Crippen molar-refractivity contribution in [1.82, 2.24) is 4.31 Å². The van der Waals surface area contributed by atoms with E-state index in [0.717, 1.165) is 5.56 Å². The summed E-state index contributed by atoms with van der Waals surface area (Å²) in [6.07, 6.45) is 0.540. The van der Waals surface area contributed by atoms with Gasteiger partial charge in [0.25, 0.3) is 0 Å². The van der Waals surface area contributed by atoms with E-state index in [4.69, 9.17) is 16.3 Å². The molecule has 0 aliphatic carbocycles. The molecule has 1 aliphatic rings. The predicted molar refractivity (Wildman–Crippen MR) is 90.1 cm³/mol. The number of hydrogen-bond donors (Lipinski definition) is 0. The van der Waals surface area contributed by atoms with E-state index in [2.05, 4.69) is 0 Å². The lowest BCUT2D eigenvalue weighted by atomic mass is 10.1. The number of sulfonamides is 1. The molecule has 0 aromatic heterocycles. The van der Waals surface area contributed by atoms with Crippen molar-refractivity contribution in [2.45, 2.75) is 17.4 Å². The maximum absolute atomic E-state index is 12.8. The zero-order valence-corrected chi connectivity index (χ0v) is 14.1. The molecular formula is C17H18ClNO3S. The van der Waals surface area contributed by atoms with Gasteiger partial charge in [0.1, 0.15) is 4.90 Å². The van der Waals surface area contributed by atoms with Gasteiger partial charge in [-0.3, -0.25) is 0 Å². The Morgan fingerprint density at radius 3 is 2.52 bits per heavy atom. The van der Waals surface area contributed by atoms with Crippen LogP contribution >= 0.6 is 11.6 Å². The van der Waals surface area contributed by atoms with Crippen LogP contribution in [0.1, 0.15) is 5.56 Å². The van der Waals surface area contributed by atoms with Crippen LogP contribution in [0.3, 0.4) is 0 Å². The van der Waals surface area contributed by atoms with E-state index < -0.39 is 10.0 Å². The molecule has 0 amide bonds. The number of hydrogen-bond acceptors (Lipinski definition) is 3. The molecule has 122 valence electrons. The van der Waals surface area contributed by atoms with E-state index in [-0.39, 0.29) is 16.0 Å². The van der Waals surface area contributed by atoms with Gasteiger partial charge in [-0.05, 0) is 24.1 Å². The molecule has 0 bridgehead atoms. The minimum atomic E-state index is -3.60. The van der Waals surface area contributed by atoms with E-state index in [0.29, 0.717) is 26.1 Å². The van der Waals surface area contributed by atoms with Gasteiger partial charge in [0.2, 0.25) is 10.0 Å². The van der Waals surface area contributed by atoms with Crippen LogP contribution in [0.4, 0.5) is 0 Å². The maximum atomic E-state index is 12.8. The highest BCUT2D eigenvalue weighted by molar-refractivity contribution is 7.89. The highest BCUT2D eigenvalue weighted by Crippen LogP contribution is 2.26. The Balaban J connectivity index is 1.77. The van der Waals surface area contributed by atoms with Crippen LogP contribution in [-0.4, -0.2) is 38.5 Å². The second kappa shape index (κ2) is 7.01. The van der Waals surface area contributed by atoms with Crippen molar-refractivity contribution in [2.75, 3.05) is 19.7 Å². The smallest absolute Gasteiger partial charge is 0.244 e. The fourth-order valence-electron chi connectivity index (χ4n) is 2.70. The van der Waals surface area contributed by atoms with Crippen LogP contribution in [0.25, 0.3) is 0 Å². The van der Waals surface area contributed by atoms with Crippen LogP contribution in [0, 0.1) is 0 Å². The first-order valence-corrected chi connectivity index (χ1v) is 9.29. The second-order valence-electron chi connectivity index (χ2n) is 5.48. The first kappa shape index (κ1) is 16.5. The van der Waals surface area contributed by atoms with E-state index >= 15 is 0 Å². The van der Waals surface area contributed by atoms with Crippen molar-refractivity contribution in [1.29, 1.82) is 0 Å². The summed E-state index contributed by atoms with van der Waals surface area (Å²) >= 11 is 6.06. The number of halogens is 1. The van der Waals surface area contributed by atoms with E-state index in [1.54, 1.807) is 24.3 Å². The van der Waals surface area contributed by atoms with Gasteiger partial charge in [-0.15, -0.1) is 0 Å². The van der Waals surface area contributed by atoms with E-state index in [1.165, 1.54) is 4.31 Å². The molecule has 1 aliphatic heterocycles. The molecule has 2 aromatic rings. The average molecular weight is 352 g/mol. The number of nitrogens with zero attached hydrogens (tertiary/aromatic N) is 1. The van der Waals surface area contributed by atoms with Gasteiger partial charge in [-0.2, -0.15) is 4.31 Å². The number of benzene rings is 2. The largest absolute Gasteiger partial charge is 0.375 e. The molecule has 6 heteroatoms. The van der Waals surface area contributed by atoms with E-state index in [1.807, 2.05) is 30.3 Å². The van der Waals surface area contributed by atoms with Gasteiger partial charge >= 0.3 is 0 Å². The Morgan fingerprint density at radius 2 is 1.78 bits per heavy atom. The summed E-state index contributed by atoms with van der Waals surface area (Å²) in [5, 5.41) is 0.249. The van der Waals surface area contributed by atoms with Gasteiger partial charge in [0.15, 0.2) is 0 Å². The summed E-state index contributed by atoms with van der Waals surface area (Å²) in [7, 11) is -3.60. The van der Waals surface area contributed by atoms with Crippen LogP contribution in [0.5, 0.6) is 0 Å². The summed E-state index contributed by atoms with van der Waals surface area (Å²) in [6, 6.07) is 16.5. The quantitative estimate of drug-likeness (QED) is 0.850. The third-order valence-corrected chi connectivity index (χ3v) is 6.23. The zero-order valence-electron chi connectivity index (χ0n) is 12.6. The molecular weight excluding hydrogens is 334 g/mol. The molecule has 0 spiro atoms. The lowest BCUT2D eigenvalue weighted by Crippen LogP contribution is -2.46. The highest BCUT2D eigenvalue weighted by Gasteiger charge is 2.31. The Bertz CT molecular complexity index is 764. The summed E-state index contributed by atoms with van der Waals surface area (Å²) in [6.45, 7) is 1.07. The van der Waals surface area contributed by atoms with E-state index in [9.17, 15) is 8.42 Å². The SMILES string of the molecule is O=S(=O)(c1ccccc1Cl)N1CCO[C@@H](Cc2ccccc2)C1. The lowest BCUT2D eigenvalue weighted by Gasteiger charge is -2.32. The van der Waals surface area contributed by atoms with Crippen LogP contribution in [0.2, 0.25) is 5.02 Å². The van der Waals surface area contributed by atoms with Crippen molar-refractivity contribution in [3.63, 3.8) is 0 Å². The molecule has 4 nitrogen and oxygen atoms in total. The molecule has 1 fully saturated rings. The summed E-state index contributed by atoms with van der Waals surface area (Å²) in [4.78, 5) is 0.155. The molecule has 1 heterocycles. The molecule has 3 rings (SSSR count). The first-order chi connectivity index (χ1) is 11.1. The Labute approximate surface area is 141 Å². The second-order valence-corrected chi connectivity index (χ2v) is 7.79. The third kappa shape index (κ3) is 3.75. The van der Waals surface area contributed by atoms with Crippen molar-refractivity contribution < 1.29 is 13.2 Å². The molecule has 0 saturated carbocycles. The molecule has 0 N–H and O–H groups in total. The zero-order chi connectivity index (χ0) is 16.3. The summed E-state index contributed by atoms with van der Waals surface area (Å²) in [5.74, 6) is 0. The molecule has 23 heavy (non-hydrogen) atoms. The van der Waals surface area contributed by atoms with Crippen molar-refractivity contribution in [3.05, 3.63) is 65.2 Å². The monoisotopic (exact) mass is 351 g/mol. The Kier molecular flexibility index (Phi) is 5.02. The lowest BCUT2D eigenvalue weighted by molar-refractivity contribution is -0.000493. The van der Waals surface area contributed by atoms with Gasteiger partial charge in [0.05, 0.1) is 17.7 Å². The fraction of sp³-hybridized carbons (Fsp3) is 0.294. The number of ether oxygens (including phenoxy) is 1. The van der Waals surface area contributed by atoms with Gasteiger partial charge < -0.3 is 4.74 Å². The third-order valence-electron chi connectivity index (χ3n) is 3.86. The van der Waals surface area contributed by atoms with Gasteiger partial charge in [0, 0.05) is 13.1 Å². The fourth-order valence-corrected chi connectivity index (χ4v) is 4.65. The summed E-state index contributed by atoms with van der Waals surface area (Å²) in [5.41, 5.74) is 1.13.